The molecule has 1 heterocycles. The molecule has 1 aliphatic rings. The summed E-state index contributed by atoms with van der Waals surface area (Å²) in [6.45, 7) is 0.352. The highest BCUT2D eigenvalue weighted by Gasteiger charge is 2.24. The van der Waals surface area contributed by atoms with Gasteiger partial charge in [-0.3, -0.25) is 10.2 Å². The second-order valence-electron chi connectivity index (χ2n) is 6.55. The van der Waals surface area contributed by atoms with Gasteiger partial charge in [0, 0.05) is 5.69 Å². The van der Waals surface area contributed by atoms with Gasteiger partial charge in [-0.2, -0.15) is 0 Å². The van der Waals surface area contributed by atoms with E-state index in [-0.39, 0.29) is 23.8 Å². The maximum atomic E-state index is 12.3. The van der Waals surface area contributed by atoms with E-state index >= 15 is 0 Å². The fourth-order valence-corrected chi connectivity index (χ4v) is 3.66. The van der Waals surface area contributed by atoms with E-state index in [1.807, 2.05) is 18.2 Å². The minimum Gasteiger partial charge on any atom is -0.325 e. The van der Waals surface area contributed by atoms with Crippen molar-refractivity contribution in [1.82, 2.24) is 15.2 Å². The molecule has 2 amide bonds. The van der Waals surface area contributed by atoms with Crippen molar-refractivity contribution in [2.75, 3.05) is 18.4 Å². The number of carbonyl (C=O) groups is 2. The van der Waals surface area contributed by atoms with Gasteiger partial charge < -0.3 is 10.2 Å². The molecule has 3 rings (SSSR count). The van der Waals surface area contributed by atoms with Crippen molar-refractivity contribution in [3.8, 4) is 0 Å². The molecule has 0 unspecified atom stereocenters. The first-order valence-electron chi connectivity index (χ1n) is 9.12. The molecule has 30 heavy (non-hydrogen) atoms. The van der Waals surface area contributed by atoms with E-state index in [1.165, 1.54) is 12.3 Å². The molecule has 1 aliphatic heterocycles. The highest BCUT2D eigenvalue weighted by atomic mass is 32.2. The van der Waals surface area contributed by atoms with Crippen LogP contribution < -0.4 is 15.6 Å². The maximum Gasteiger partial charge on any atom is 0.351 e. The van der Waals surface area contributed by atoms with Gasteiger partial charge in [-0.15, -0.1) is 4.83 Å². The van der Waals surface area contributed by atoms with Gasteiger partial charge in [0.05, 0.1) is 11.8 Å². The Hall–Kier alpha value is -3.52. The lowest BCUT2D eigenvalue weighted by Crippen LogP contribution is -2.43. The first kappa shape index (κ1) is 21.2. The third-order valence-electron chi connectivity index (χ3n) is 4.06. The van der Waals surface area contributed by atoms with Crippen LogP contribution in [0.15, 0.2) is 78.5 Å². The second kappa shape index (κ2) is 9.80. The lowest BCUT2D eigenvalue weighted by atomic mass is 10.2. The lowest BCUT2D eigenvalue weighted by molar-refractivity contribution is -0.118. The molecule has 154 valence electrons. The quantitative estimate of drug-likeness (QED) is 0.437. The Morgan fingerprint density at radius 2 is 1.67 bits per heavy atom. The van der Waals surface area contributed by atoms with Crippen LogP contribution in [0.3, 0.4) is 0 Å². The SMILES string of the molecule is O=C(CN1C=C(C(=O)NNS(=O)(=O)Cc2ccccc2)C=[C+]C1)Nc1ccccc1. The zero-order valence-corrected chi connectivity index (χ0v) is 16.9. The lowest BCUT2D eigenvalue weighted by Gasteiger charge is -2.16. The van der Waals surface area contributed by atoms with E-state index in [0.29, 0.717) is 17.8 Å². The Bertz CT molecular complexity index is 1050. The Morgan fingerprint density at radius 3 is 2.37 bits per heavy atom. The van der Waals surface area contributed by atoms with Crippen molar-refractivity contribution in [2.24, 2.45) is 0 Å². The number of hydrogen-bond acceptors (Lipinski definition) is 5. The predicted molar refractivity (Wildman–Crippen MR) is 113 cm³/mol. The van der Waals surface area contributed by atoms with E-state index < -0.39 is 15.9 Å². The molecule has 9 heteroatoms. The molecular weight excluding hydrogens is 404 g/mol. The average molecular weight is 425 g/mol. The molecule has 0 bridgehead atoms. The Balaban J connectivity index is 1.53. The Labute approximate surface area is 175 Å². The van der Waals surface area contributed by atoms with Crippen molar-refractivity contribution in [1.29, 1.82) is 0 Å². The minimum atomic E-state index is -3.76. The molecule has 0 radical (unpaired) electrons. The van der Waals surface area contributed by atoms with Crippen LogP contribution in [0.2, 0.25) is 0 Å². The fourth-order valence-electron chi connectivity index (χ4n) is 2.71. The molecule has 2 aromatic carbocycles. The van der Waals surface area contributed by atoms with Crippen molar-refractivity contribution in [3.05, 3.63) is 90.2 Å². The van der Waals surface area contributed by atoms with Gasteiger partial charge in [-0.05, 0) is 17.7 Å². The standard InChI is InChI=1S/C21H20N4O4S/c26-20(22-19-11-5-2-6-12-19)15-25-13-7-10-18(14-25)21(27)23-24-30(28,29)16-17-8-3-1-4-9-17/h1-6,8-12,14,24H,13,15-16H2,(H-,22,23,26,27)/p+1. The van der Waals surface area contributed by atoms with Gasteiger partial charge in [-0.25, -0.2) is 13.2 Å². The topological polar surface area (TPSA) is 108 Å². The molecule has 0 aromatic heterocycles. The number of hydrazine groups is 1. The smallest absolute Gasteiger partial charge is 0.325 e. The number of nitrogens with zero attached hydrogens (tertiary/aromatic N) is 1. The Kier molecular flexibility index (Phi) is 6.92. The molecule has 2 aromatic rings. The number of sulfonamides is 1. The summed E-state index contributed by atoms with van der Waals surface area (Å²) in [5.74, 6) is -1.15. The van der Waals surface area contributed by atoms with E-state index in [1.54, 1.807) is 47.4 Å². The van der Waals surface area contributed by atoms with Crippen LogP contribution in [-0.2, 0) is 25.4 Å². The van der Waals surface area contributed by atoms with E-state index in [0.717, 1.165) is 0 Å². The summed E-state index contributed by atoms with van der Waals surface area (Å²) in [7, 11) is -3.76. The van der Waals surface area contributed by atoms with Crippen LogP contribution in [0.1, 0.15) is 5.56 Å². The number of benzene rings is 2. The predicted octanol–water partition coefficient (Wildman–Crippen LogP) is 1.33. The number of anilines is 1. The van der Waals surface area contributed by atoms with Gasteiger partial charge >= 0.3 is 5.91 Å². The number of nitrogens with one attached hydrogen (secondary N) is 3. The number of amides is 2. The van der Waals surface area contributed by atoms with Gasteiger partial charge in [0.15, 0.2) is 18.2 Å². The van der Waals surface area contributed by atoms with Crippen molar-refractivity contribution < 1.29 is 18.0 Å². The first-order valence-corrected chi connectivity index (χ1v) is 10.8. The monoisotopic (exact) mass is 425 g/mol. The molecule has 3 N–H and O–H groups in total. The average Bonchev–Trinajstić information content (AvgIpc) is 2.73. The van der Waals surface area contributed by atoms with Crippen LogP contribution in [0.5, 0.6) is 0 Å². The van der Waals surface area contributed by atoms with Crippen LogP contribution in [0.25, 0.3) is 0 Å². The summed E-state index contributed by atoms with van der Waals surface area (Å²) in [6, 6.07) is 17.6. The molecule has 0 fully saturated rings. The normalized spacial score (nSPS) is 13.2. The maximum absolute atomic E-state index is 12.3. The minimum absolute atomic E-state index is 0.0201. The van der Waals surface area contributed by atoms with Gasteiger partial charge in [0.2, 0.25) is 15.9 Å². The van der Waals surface area contributed by atoms with Gasteiger partial charge in [-0.1, -0.05) is 48.5 Å². The van der Waals surface area contributed by atoms with Crippen LogP contribution in [0.4, 0.5) is 5.69 Å². The van der Waals surface area contributed by atoms with Crippen LogP contribution >= 0.6 is 0 Å². The van der Waals surface area contributed by atoms with Crippen molar-refractivity contribution >= 4 is 27.5 Å². The third-order valence-corrected chi connectivity index (χ3v) is 5.19. The fraction of sp³-hybridized carbons (Fsp3) is 0.143. The molecule has 0 saturated carbocycles. The van der Waals surface area contributed by atoms with Crippen molar-refractivity contribution in [3.63, 3.8) is 0 Å². The highest BCUT2D eigenvalue weighted by molar-refractivity contribution is 7.88. The third kappa shape index (κ3) is 6.52. The summed E-state index contributed by atoms with van der Waals surface area (Å²) in [6.07, 6.45) is 5.83. The van der Waals surface area contributed by atoms with E-state index in [2.05, 4.69) is 21.6 Å². The van der Waals surface area contributed by atoms with Gasteiger partial charge in [0.25, 0.3) is 0 Å². The van der Waals surface area contributed by atoms with Crippen LogP contribution in [0, 0.1) is 6.08 Å². The number of para-hydroxylation sites is 1. The summed E-state index contributed by atoms with van der Waals surface area (Å²) >= 11 is 0. The van der Waals surface area contributed by atoms with Crippen LogP contribution in [-0.4, -0.2) is 38.2 Å². The summed E-state index contributed by atoms with van der Waals surface area (Å²) in [5, 5.41) is 2.76. The van der Waals surface area contributed by atoms with Gasteiger partial charge in [0.1, 0.15) is 12.7 Å². The molecule has 0 aliphatic carbocycles. The molecule has 0 saturated heterocycles. The number of hydrogen-bond donors (Lipinski definition) is 3. The Morgan fingerprint density at radius 1 is 1.00 bits per heavy atom. The second-order valence-corrected chi connectivity index (χ2v) is 8.28. The highest BCUT2D eigenvalue weighted by Crippen LogP contribution is 2.09. The molecule has 0 atom stereocenters. The summed E-state index contributed by atoms with van der Waals surface area (Å²) in [4.78, 5) is 28.2. The van der Waals surface area contributed by atoms with E-state index in [9.17, 15) is 18.0 Å². The van der Waals surface area contributed by atoms with E-state index in [4.69, 9.17) is 0 Å². The molecular formula is C21H21N4O4S+. The number of carbonyl (C=O) groups excluding carboxylic acids is 2. The summed E-state index contributed by atoms with van der Waals surface area (Å²) in [5.41, 5.74) is 3.63. The summed E-state index contributed by atoms with van der Waals surface area (Å²) < 4.78 is 24.3. The zero-order chi connectivity index (χ0) is 21.4. The largest absolute Gasteiger partial charge is 0.351 e. The van der Waals surface area contributed by atoms with Crippen molar-refractivity contribution in [2.45, 2.75) is 5.75 Å². The number of rotatable bonds is 8. The first-order chi connectivity index (χ1) is 14.4. The molecule has 8 nitrogen and oxygen atoms in total. The zero-order valence-electron chi connectivity index (χ0n) is 16.0. The molecule has 0 spiro atoms.